The maximum atomic E-state index is 13.2. The number of pyridine rings is 1. The number of rotatable bonds is 7. The molecule has 1 aromatic carbocycles. The number of amides is 1. The van der Waals surface area contributed by atoms with Crippen LogP contribution in [-0.4, -0.2) is 30.8 Å². The molecule has 10 heteroatoms. The van der Waals surface area contributed by atoms with Gasteiger partial charge < -0.3 is 9.84 Å². The van der Waals surface area contributed by atoms with Crippen molar-refractivity contribution >= 4 is 17.5 Å². The first-order valence-electron chi connectivity index (χ1n) is 10.4. The number of hydrogen-bond donors (Lipinski definition) is 1. The van der Waals surface area contributed by atoms with Crippen molar-refractivity contribution in [2.24, 2.45) is 5.92 Å². The van der Waals surface area contributed by atoms with Crippen molar-refractivity contribution in [3.05, 3.63) is 82.5 Å². The Hall–Kier alpha value is -3.59. The summed E-state index contributed by atoms with van der Waals surface area (Å²) in [6.45, 7) is 5.88. The maximum Gasteiger partial charge on any atom is 0.256 e. The number of nitrogens with zero attached hydrogens (tertiary/aromatic N) is 5. The standard InChI is InChI=1S/C23H22ClFN6O2/c1-13(2)19(23-28-21(30-33-23)16-5-4-10-26-11-16)27-22(32)18-14(3)29-31(20(18)24)12-15-6-8-17(25)9-7-15/h4-11,13,19H,12H2,1-3H3,(H,27,32). The lowest BCUT2D eigenvalue weighted by atomic mass is 10.0. The van der Waals surface area contributed by atoms with E-state index in [-0.39, 0.29) is 28.3 Å². The van der Waals surface area contributed by atoms with Gasteiger partial charge in [0, 0.05) is 18.0 Å². The van der Waals surface area contributed by atoms with E-state index < -0.39 is 11.9 Å². The van der Waals surface area contributed by atoms with Crippen LogP contribution in [0.1, 0.15) is 47.4 Å². The Bertz CT molecular complexity index is 1250. The van der Waals surface area contributed by atoms with Gasteiger partial charge in [-0.2, -0.15) is 10.1 Å². The molecule has 1 N–H and O–H groups in total. The molecule has 4 rings (SSSR count). The zero-order valence-corrected chi connectivity index (χ0v) is 19.0. The van der Waals surface area contributed by atoms with Crippen molar-refractivity contribution in [1.29, 1.82) is 0 Å². The molecule has 0 fully saturated rings. The van der Waals surface area contributed by atoms with Gasteiger partial charge in [0.2, 0.25) is 11.7 Å². The number of hydrogen-bond acceptors (Lipinski definition) is 6. The molecule has 3 aromatic heterocycles. The molecule has 33 heavy (non-hydrogen) atoms. The molecule has 3 heterocycles. The Balaban J connectivity index is 1.55. The van der Waals surface area contributed by atoms with Crippen LogP contribution in [0.4, 0.5) is 4.39 Å². The predicted molar refractivity (Wildman–Crippen MR) is 120 cm³/mol. The van der Waals surface area contributed by atoms with Gasteiger partial charge in [-0.05, 0) is 42.7 Å². The Kier molecular flexibility index (Phi) is 6.50. The van der Waals surface area contributed by atoms with Crippen LogP contribution < -0.4 is 5.32 Å². The smallest absolute Gasteiger partial charge is 0.256 e. The molecule has 0 aliphatic rings. The van der Waals surface area contributed by atoms with Crippen LogP contribution in [0, 0.1) is 18.7 Å². The average molecular weight is 469 g/mol. The average Bonchev–Trinajstić information content (AvgIpc) is 3.39. The molecule has 0 saturated carbocycles. The molecule has 170 valence electrons. The number of carbonyl (C=O) groups is 1. The highest BCUT2D eigenvalue weighted by molar-refractivity contribution is 6.33. The molecule has 4 aromatic rings. The van der Waals surface area contributed by atoms with Gasteiger partial charge in [0.25, 0.3) is 5.91 Å². The second-order valence-corrected chi connectivity index (χ2v) is 8.29. The van der Waals surface area contributed by atoms with Crippen molar-refractivity contribution in [3.63, 3.8) is 0 Å². The first-order valence-corrected chi connectivity index (χ1v) is 10.7. The summed E-state index contributed by atoms with van der Waals surface area (Å²) in [4.78, 5) is 21.7. The molecule has 0 saturated heterocycles. The topological polar surface area (TPSA) is 98.7 Å². The van der Waals surface area contributed by atoms with Crippen LogP contribution in [0.5, 0.6) is 0 Å². The summed E-state index contributed by atoms with van der Waals surface area (Å²) in [6, 6.07) is 9.09. The summed E-state index contributed by atoms with van der Waals surface area (Å²) in [5.74, 6) is -0.0924. The van der Waals surface area contributed by atoms with Crippen LogP contribution in [0.3, 0.4) is 0 Å². The number of benzene rings is 1. The highest BCUT2D eigenvalue weighted by atomic mass is 35.5. The van der Waals surface area contributed by atoms with E-state index in [9.17, 15) is 9.18 Å². The van der Waals surface area contributed by atoms with E-state index in [1.54, 1.807) is 37.5 Å². The van der Waals surface area contributed by atoms with Crippen LogP contribution in [-0.2, 0) is 6.54 Å². The minimum Gasteiger partial charge on any atom is -0.340 e. The third kappa shape index (κ3) is 4.93. The number of carbonyl (C=O) groups excluding carboxylic acids is 1. The molecule has 0 bridgehead atoms. The molecule has 0 radical (unpaired) electrons. The summed E-state index contributed by atoms with van der Waals surface area (Å²) < 4.78 is 20.1. The molecule has 8 nitrogen and oxygen atoms in total. The fraction of sp³-hybridized carbons (Fsp3) is 0.261. The van der Waals surface area contributed by atoms with E-state index in [1.807, 2.05) is 19.9 Å². The molecule has 0 aliphatic carbocycles. The second-order valence-electron chi connectivity index (χ2n) is 7.93. The van der Waals surface area contributed by atoms with E-state index >= 15 is 0 Å². The zero-order chi connectivity index (χ0) is 23.5. The van der Waals surface area contributed by atoms with Gasteiger partial charge in [-0.15, -0.1) is 0 Å². The van der Waals surface area contributed by atoms with Gasteiger partial charge in [0.1, 0.15) is 17.0 Å². The third-order valence-corrected chi connectivity index (χ3v) is 5.50. The largest absolute Gasteiger partial charge is 0.340 e. The number of nitrogens with one attached hydrogen (secondary N) is 1. The third-order valence-electron chi connectivity index (χ3n) is 5.12. The van der Waals surface area contributed by atoms with Crippen LogP contribution >= 0.6 is 11.6 Å². The Labute approximate surface area is 194 Å². The molecule has 0 aliphatic heterocycles. The van der Waals surface area contributed by atoms with Crippen molar-refractivity contribution in [2.45, 2.75) is 33.4 Å². The van der Waals surface area contributed by atoms with Crippen LogP contribution in [0.2, 0.25) is 5.15 Å². The Morgan fingerprint density at radius 2 is 2.00 bits per heavy atom. The van der Waals surface area contributed by atoms with Crippen molar-refractivity contribution < 1.29 is 13.7 Å². The van der Waals surface area contributed by atoms with E-state index in [0.29, 0.717) is 23.6 Å². The van der Waals surface area contributed by atoms with Gasteiger partial charge in [-0.1, -0.05) is 42.7 Å². The lowest BCUT2D eigenvalue weighted by molar-refractivity contribution is 0.0913. The minimum atomic E-state index is -0.536. The number of halogens is 2. The summed E-state index contributed by atoms with van der Waals surface area (Å²) in [5, 5.41) is 11.5. The zero-order valence-electron chi connectivity index (χ0n) is 18.3. The first kappa shape index (κ1) is 22.6. The van der Waals surface area contributed by atoms with Gasteiger partial charge in [-0.3, -0.25) is 9.78 Å². The van der Waals surface area contributed by atoms with E-state index in [0.717, 1.165) is 5.56 Å². The van der Waals surface area contributed by atoms with E-state index in [1.165, 1.54) is 16.8 Å². The summed E-state index contributed by atoms with van der Waals surface area (Å²) in [6.07, 6.45) is 3.29. The molecular weight excluding hydrogens is 447 g/mol. The van der Waals surface area contributed by atoms with Crippen LogP contribution in [0.25, 0.3) is 11.4 Å². The lowest BCUT2D eigenvalue weighted by Crippen LogP contribution is -2.32. The van der Waals surface area contributed by atoms with Gasteiger partial charge in [0.05, 0.1) is 17.8 Å². The summed E-state index contributed by atoms with van der Waals surface area (Å²) >= 11 is 6.51. The van der Waals surface area contributed by atoms with Gasteiger partial charge in [-0.25, -0.2) is 9.07 Å². The lowest BCUT2D eigenvalue weighted by Gasteiger charge is -2.18. The van der Waals surface area contributed by atoms with Crippen molar-refractivity contribution in [1.82, 2.24) is 30.2 Å². The molecule has 1 amide bonds. The monoisotopic (exact) mass is 468 g/mol. The number of aryl methyl sites for hydroxylation is 1. The molecular formula is C23H22ClFN6O2. The highest BCUT2D eigenvalue weighted by Crippen LogP contribution is 2.26. The quantitative estimate of drug-likeness (QED) is 0.425. The maximum absolute atomic E-state index is 13.2. The summed E-state index contributed by atoms with van der Waals surface area (Å²) in [7, 11) is 0. The molecule has 1 unspecified atom stereocenters. The Morgan fingerprint density at radius 3 is 2.67 bits per heavy atom. The first-order chi connectivity index (χ1) is 15.8. The minimum absolute atomic E-state index is 0.0375. The normalized spacial score (nSPS) is 12.2. The van der Waals surface area contributed by atoms with Gasteiger partial charge in [0.15, 0.2) is 0 Å². The van der Waals surface area contributed by atoms with Gasteiger partial charge >= 0.3 is 0 Å². The highest BCUT2D eigenvalue weighted by Gasteiger charge is 2.28. The molecule has 0 spiro atoms. The fourth-order valence-electron chi connectivity index (χ4n) is 3.38. The van der Waals surface area contributed by atoms with Crippen molar-refractivity contribution in [3.8, 4) is 11.4 Å². The Morgan fingerprint density at radius 1 is 1.24 bits per heavy atom. The van der Waals surface area contributed by atoms with E-state index in [4.69, 9.17) is 16.1 Å². The predicted octanol–water partition coefficient (Wildman–Crippen LogP) is 4.60. The molecule has 1 atom stereocenters. The number of aromatic nitrogens is 5. The van der Waals surface area contributed by atoms with Crippen molar-refractivity contribution in [2.75, 3.05) is 0 Å². The SMILES string of the molecule is Cc1nn(Cc2ccc(F)cc2)c(Cl)c1C(=O)NC(c1nc(-c2cccnc2)no1)C(C)C. The fourth-order valence-corrected chi connectivity index (χ4v) is 3.70. The second kappa shape index (κ2) is 9.50. The summed E-state index contributed by atoms with van der Waals surface area (Å²) in [5.41, 5.74) is 2.25. The van der Waals surface area contributed by atoms with E-state index in [2.05, 4.69) is 25.5 Å². The van der Waals surface area contributed by atoms with Crippen LogP contribution in [0.15, 0.2) is 53.3 Å².